The lowest BCUT2D eigenvalue weighted by molar-refractivity contribution is -0.131. The number of carbonyl (C=O) groups is 1. The zero-order valence-electron chi connectivity index (χ0n) is 17.6. The van der Waals surface area contributed by atoms with E-state index in [0.717, 1.165) is 34.9 Å². The number of likely N-dealkylation sites (N-methyl/N-ethyl adjacent to an activating group) is 1. The van der Waals surface area contributed by atoms with Gasteiger partial charge in [0.25, 0.3) is 0 Å². The zero-order chi connectivity index (χ0) is 21.0. The van der Waals surface area contributed by atoms with Gasteiger partial charge in [0, 0.05) is 51.0 Å². The largest absolute Gasteiger partial charge is 0.353 e. The van der Waals surface area contributed by atoms with Gasteiger partial charge in [-0.3, -0.25) is 4.79 Å². The lowest BCUT2D eigenvalue weighted by Gasteiger charge is -2.36. The molecule has 1 saturated heterocycles. The molecule has 0 radical (unpaired) electrons. The second kappa shape index (κ2) is 9.25. The van der Waals surface area contributed by atoms with Gasteiger partial charge in [-0.15, -0.1) is 0 Å². The highest BCUT2D eigenvalue weighted by molar-refractivity contribution is 7.88. The summed E-state index contributed by atoms with van der Waals surface area (Å²) in [6, 6.07) is 2.42. The van der Waals surface area contributed by atoms with E-state index in [1.54, 1.807) is 4.90 Å². The van der Waals surface area contributed by atoms with Gasteiger partial charge in [-0.1, -0.05) is 19.3 Å². The van der Waals surface area contributed by atoms with Crippen LogP contribution in [0.2, 0.25) is 0 Å². The molecule has 0 spiro atoms. The molecule has 1 amide bonds. The lowest BCUT2D eigenvalue weighted by atomic mass is 9.96. The molecule has 1 aromatic heterocycles. The summed E-state index contributed by atoms with van der Waals surface area (Å²) in [5, 5.41) is 3.49. The normalized spacial score (nSPS) is 18.9. The molecule has 162 valence electrons. The third-order valence-electron chi connectivity index (χ3n) is 5.66. The topological polar surface area (TPSA) is 98.7 Å². The Morgan fingerprint density at radius 3 is 2.45 bits per heavy atom. The molecule has 2 fully saturated rings. The number of nitrogens with zero attached hydrogens (tertiary/aromatic N) is 5. The summed E-state index contributed by atoms with van der Waals surface area (Å²) in [5.74, 6) is 1.38. The van der Waals surface area contributed by atoms with E-state index in [-0.39, 0.29) is 12.5 Å². The highest BCUT2D eigenvalue weighted by Crippen LogP contribution is 2.22. The molecule has 1 aromatic rings. The minimum absolute atomic E-state index is 0.124. The Labute approximate surface area is 173 Å². The van der Waals surface area contributed by atoms with Crippen molar-refractivity contribution in [1.29, 1.82) is 0 Å². The minimum atomic E-state index is -3.36. The quantitative estimate of drug-likeness (QED) is 0.729. The molecule has 3 rings (SSSR count). The van der Waals surface area contributed by atoms with Crippen molar-refractivity contribution in [2.75, 3.05) is 56.2 Å². The Kier molecular flexibility index (Phi) is 6.94. The number of hydrogen-bond acceptors (Lipinski definition) is 7. The Balaban J connectivity index is 1.58. The average molecular weight is 425 g/mol. The van der Waals surface area contributed by atoms with E-state index in [0.29, 0.717) is 38.2 Å². The van der Waals surface area contributed by atoms with Crippen molar-refractivity contribution >= 4 is 27.7 Å². The molecule has 9 nitrogen and oxygen atoms in total. The molecule has 1 N–H and O–H groups in total. The number of amides is 1. The van der Waals surface area contributed by atoms with Crippen LogP contribution >= 0.6 is 0 Å². The van der Waals surface area contributed by atoms with Crippen molar-refractivity contribution < 1.29 is 13.2 Å². The Morgan fingerprint density at radius 2 is 1.83 bits per heavy atom. The summed E-state index contributed by atoms with van der Waals surface area (Å²) in [6.45, 7) is 4.26. The second-order valence-corrected chi connectivity index (χ2v) is 10.1. The third kappa shape index (κ3) is 6.02. The molecule has 0 unspecified atom stereocenters. The fourth-order valence-electron chi connectivity index (χ4n) is 3.80. The molecule has 0 aromatic carbocycles. The number of aromatic nitrogens is 2. The van der Waals surface area contributed by atoms with Crippen LogP contribution in [0.4, 0.5) is 11.8 Å². The smallest absolute Gasteiger partial charge is 0.238 e. The predicted molar refractivity (Wildman–Crippen MR) is 114 cm³/mol. The number of rotatable bonds is 6. The highest BCUT2D eigenvalue weighted by atomic mass is 32.2. The molecule has 1 saturated carbocycles. The molecule has 10 heteroatoms. The summed E-state index contributed by atoms with van der Waals surface area (Å²) in [6.07, 6.45) is 7.24. The van der Waals surface area contributed by atoms with Gasteiger partial charge in [-0.25, -0.2) is 13.4 Å². The van der Waals surface area contributed by atoms with E-state index >= 15 is 0 Å². The van der Waals surface area contributed by atoms with Gasteiger partial charge in [-0.2, -0.15) is 9.29 Å². The molecular formula is C19H32N6O3S. The number of anilines is 2. The Hall–Kier alpha value is -1.94. The number of hydrogen-bond donors (Lipinski definition) is 1. The molecule has 2 heterocycles. The van der Waals surface area contributed by atoms with Crippen molar-refractivity contribution in [2.24, 2.45) is 0 Å². The van der Waals surface area contributed by atoms with Crippen LogP contribution in [0.3, 0.4) is 0 Å². The van der Waals surface area contributed by atoms with Crippen molar-refractivity contribution in [3.05, 3.63) is 11.8 Å². The van der Waals surface area contributed by atoms with Gasteiger partial charge in [0.1, 0.15) is 5.82 Å². The summed E-state index contributed by atoms with van der Waals surface area (Å²) >= 11 is 0. The van der Waals surface area contributed by atoms with Crippen LogP contribution in [0.25, 0.3) is 0 Å². The molecule has 0 bridgehead atoms. The van der Waals surface area contributed by atoms with Gasteiger partial charge >= 0.3 is 0 Å². The van der Waals surface area contributed by atoms with Crippen LogP contribution in [-0.4, -0.2) is 85.6 Å². The monoisotopic (exact) mass is 424 g/mol. The first kappa shape index (κ1) is 21.8. The maximum absolute atomic E-state index is 12.4. The standard InChI is InChI=1S/C19H32N6O3S/c1-15-13-17(22-19(20-15)21-16-7-5-4-6-8-16)24-9-11-25(12-10-24)18(26)14-23(2)29(3,27)28/h13,16H,4-12,14H2,1-3H3,(H,20,21,22). The number of carbonyl (C=O) groups excluding carboxylic acids is 1. The SMILES string of the molecule is Cc1cc(N2CCN(C(=O)CN(C)S(C)(=O)=O)CC2)nc(NC2CCCCC2)n1. The van der Waals surface area contributed by atoms with Crippen molar-refractivity contribution in [3.63, 3.8) is 0 Å². The third-order valence-corrected chi connectivity index (χ3v) is 6.92. The van der Waals surface area contributed by atoms with E-state index in [2.05, 4.69) is 15.2 Å². The van der Waals surface area contributed by atoms with Crippen LogP contribution in [0.15, 0.2) is 6.07 Å². The van der Waals surface area contributed by atoms with Gasteiger partial charge < -0.3 is 15.1 Å². The summed E-state index contributed by atoms with van der Waals surface area (Å²) < 4.78 is 24.1. The van der Waals surface area contributed by atoms with Gasteiger partial charge in [0.15, 0.2) is 0 Å². The highest BCUT2D eigenvalue weighted by Gasteiger charge is 2.25. The molecule has 2 aliphatic rings. The Morgan fingerprint density at radius 1 is 1.17 bits per heavy atom. The van der Waals surface area contributed by atoms with Crippen LogP contribution in [0.5, 0.6) is 0 Å². The van der Waals surface area contributed by atoms with E-state index in [1.807, 2.05) is 13.0 Å². The first-order valence-electron chi connectivity index (χ1n) is 10.3. The maximum atomic E-state index is 12.4. The summed E-state index contributed by atoms with van der Waals surface area (Å²) in [7, 11) is -1.94. The van der Waals surface area contributed by atoms with Crippen LogP contribution in [0, 0.1) is 6.92 Å². The number of aryl methyl sites for hydroxylation is 1. The summed E-state index contributed by atoms with van der Waals surface area (Å²) in [4.78, 5) is 25.5. The number of sulfonamides is 1. The van der Waals surface area contributed by atoms with Crippen molar-refractivity contribution in [2.45, 2.75) is 45.1 Å². The van der Waals surface area contributed by atoms with E-state index in [1.165, 1.54) is 26.3 Å². The van der Waals surface area contributed by atoms with E-state index < -0.39 is 10.0 Å². The molecule has 1 aliphatic carbocycles. The average Bonchev–Trinajstić information content (AvgIpc) is 2.67. The molecule has 1 aliphatic heterocycles. The maximum Gasteiger partial charge on any atom is 0.238 e. The predicted octanol–water partition coefficient (Wildman–Crippen LogP) is 1.07. The van der Waals surface area contributed by atoms with E-state index in [9.17, 15) is 13.2 Å². The second-order valence-electron chi connectivity index (χ2n) is 8.06. The fraction of sp³-hybridized carbons (Fsp3) is 0.737. The summed E-state index contributed by atoms with van der Waals surface area (Å²) in [5.41, 5.74) is 0.918. The van der Waals surface area contributed by atoms with E-state index in [4.69, 9.17) is 4.98 Å². The van der Waals surface area contributed by atoms with Crippen molar-refractivity contribution in [1.82, 2.24) is 19.2 Å². The first-order chi connectivity index (χ1) is 13.7. The molecule has 0 atom stereocenters. The van der Waals surface area contributed by atoms with Gasteiger partial charge in [-0.05, 0) is 19.8 Å². The van der Waals surface area contributed by atoms with Crippen LogP contribution in [0.1, 0.15) is 37.8 Å². The van der Waals surface area contributed by atoms with Crippen LogP contribution < -0.4 is 10.2 Å². The number of nitrogens with one attached hydrogen (secondary N) is 1. The molecular weight excluding hydrogens is 392 g/mol. The molecule has 29 heavy (non-hydrogen) atoms. The lowest BCUT2D eigenvalue weighted by Crippen LogP contribution is -2.51. The first-order valence-corrected chi connectivity index (χ1v) is 12.1. The number of piperazine rings is 1. The van der Waals surface area contributed by atoms with Crippen LogP contribution in [-0.2, 0) is 14.8 Å². The minimum Gasteiger partial charge on any atom is -0.353 e. The van der Waals surface area contributed by atoms with Gasteiger partial charge in [0.2, 0.25) is 21.9 Å². The van der Waals surface area contributed by atoms with Crippen molar-refractivity contribution in [3.8, 4) is 0 Å². The fourth-order valence-corrected chi connectivity index (χ4v) is 4.15. The zero-order valence-corrected chi connectivity index (χ0v) is 18.4. The Bertz CT molecular complexity index is 817. The van der Waals surface area contributed by atoms with Gasteiger partial charge in [0.05, 0.1) is 12.8 Å².